The van der Waals surface area contributed by atoms with Crippen LogP contribution >= 0.6 is 34.8 Å². The Morgan fingerprint density at radius 3 is 1.45 bits per heavy atom. The van der Waals surface area contributed by atoms with Crippen molar-refractivity contribution in [2.45, 2.75) is 12.7 Å². The first kappa shape index (κ1) is 30.4. The molecule has 0 unspecified atom stereocenters. The van der Waals surface area contributed by atoms with E-state index < -0.39 is 23.9 Å². The number of halogens is 9. The summed E-state index contributed by atoms with van der Waals surface area (Å²) in [5.41, 5.74) is 5.99. The number of nitrogens with one attached hydrogen (secondary N) is 1. The van der Waals surface area contributed by atoms with Crippen molar-refractivity contribution in [1.29, 1.82) is 0 Å². The summed E-state index contributed by atoms with van der Waals surface area (Å²) in [6, 6.07) is 9.74. The third-order valence-electron chi connectivity index (χ3n) is 2.71. The molecule has 33 heavy (non-hydrogen) atoms. The molecule has 2 rings (SSSR count). The minimum atomic E-state index is -4.72. The van der Waals surface area contributed by atoms with Gasteiger partial charge in [-0.2, -0.15) is 0 Å². The molecular formula is C18H15Cl3F6N2O4. The number of carbonyl (C=O) groups excluding carboxylic acids is 2. The average molecular weight is 544 g/mol. The number of hydrogen-bond donors (Lipinski definition) is 2. The second kappa shape index (κ2) is 14.6. The Hall–Kier alpha value is -2.57. The number of benzene rings is 2. The second-order valence-corrected chi connectivity index (χ2v) is 6.32. The van der Waals surface area contributed by atoms with E-state index in [1.807, 2.05) is 0 Å². The van der Waals surface area contributed by atoms with E-state index in [4.69, 9.17) is 40.5 Å². The fourth-order valence-electron chi connectivity index (χ4n) is 1.60. The predicted octanol–water partition coefficient (Wildman–Crippen LogP) is 5.92. The van der Waals surface area contributed by atoms with Crippen LogP contribution in [0, 0.1) is 0 Å². The van der Waals surface area contributed by atoms with E-state index in [0.717, 1.165) is 24.3 Å². The molecule has 0 saturated carbocycles. The molecule has 1 amide bonds. The summed E-state index contributed by atoms with van der Waals surface area (Å²) in [5, 5.41) is 1.87. The van der Waals surface area contributed by atoms with Crippen LogP contribution in [0.25, 0.3) is 0 Å². The highest BCUT2D eigenvalue weighted by Crippen LogP contribution is 2.24. The fourth-order valence-corrected chi connectivity index (χ4v) is 1.67. The van der Waals surface area contributed by atoms with E-state index in [1.165, 1.54) is 24.3 Å². The van der Waals surface area contributed by atoms with Crippen LogP contribution in [-0.4, -0.2) is 35.6 Å². The lowest BCUT2D eigenvalue weighted by Crippen LogP contribution is -2.17. The van der Waals surface area contributed by atoms with Gasteiger partial charge in [0.25, 0.3) is 0 Å². The number of anilines is 2. The van der Waals surface area contributed by atoms with Crippen molar-refractivity contribution < 1.29 is 45.4 Å². The molecule has 0 spiro atoms. The number of rotatable bonds is 5. The van der Waals surface area contributed by atoms with Crippen molar-refractivity contribution in [1.82, 2.24) is 0 Å². The highest BCUT2D eigenvalue weighted by atomic mass is 35.5. The van der Waals surface area contributed by atoms with Gasteiger partial charge >= 0.3 is 12.7 Å². The van der Waals surface area contributed by atoms with Crippen LogP contribution in [0.1, 0.15) is 0 Å². The highest BCUT2D eigenvalue weighted by molar-refractivity contribution is 6.67. The van der Waals surface area contributed by atoms with E-state index in [1.54, 1.807) is 0 Å². The lowest BCUT2D eigenvalue weighted by Gasteiger charge is -2.09. The second-order valence-electron chi connectivity index (χ2n) is 5.36. The van der Waals surface area contributed by atoms with Crippen LogP contribution in [0.5, 0.6) is 11.5 Å². The molecule has 15 heteroatoms. The summed E-state index contributed by atoms with van der Waals surface area (Å²) in [6.45, 7) is 0. The molecule has 0 aromatic heterocycles. The Labute approximate surface area is 198 Å². The first-order valence-electron chi connectivity index (χ1n) is 8.22. The van der Waals surface area contributed by atoms with Gasteiger partial charge in [-0.15, -0.1) is 49.5 Å². The van der Waals surface area contributed by atoms with Crippen LogP contribution < -0.4 is 20.5 Å². The van der Waals surface area contributed by atoms with Crippen molar-refractivity contribution in [3.63, 3.8) is 0 Å². The molecule has 0 aliphatic rings. The molecule has 0 aliphatic heterocycles. The summed E-state index contributed by atoms with van der Waals surface area (Å²) >= 11 is 14.8. The Balaban J connectivity index is 0.000000530. The SMILES string of the molecule is Nc1ccc(OC(F)(F)F)cc1.O=C(CCl)Nc1ccc(OC(F)(F)F)cc1.O=C(Cl)CCl. The third-order valence-corrected chi connectivity index (χ3v) is 3.47. The molecule has 184 valence electrons. The zero-order valence-electron chi connectivity index (χ0n) is 16.1. The number of carbonyl (C=O) groups is 2. The van der Waals surface area contributed by atoms with Crippen LogP contribution in [-0.2, 0) is 9.59 Å². The lowest BCUT2D eigenvalue weighted by atomic mass is 10.3. The van der Waals surface area contributed by atoms with Crippen molar-refractivity contribution in [3.05, 3.63) is 48.5 Å². The van der Waals surface area contributed by atoms with Gasteiger partial charge < -0.3 is 20.5 Å². The van der Waals surface area contributed by atoms with Gasteiger partial charge in [-0.1, -0.05) is 0 Å². The summed E-state index contributed by atoms with van der Waals surface area (Å²) in [7, 11) is 0. The molecule has 0 aliphatic carbocycles. The average Bonchev–Trinajstić information content (AvgIpc) is 2.70. The molecule has 6 nitrogen and oxygen atoms in total. The van der Waals surface area contributed by atoms with Crippen LogP contribution in [0.3, 0.4) is 0 Å². The van der Waals surface area contributed by atoms with Gasteiger partial charge in [-0.25, -0.2) is 0 Å². The van der Waals surface area contributed by atoms with Gasteiger partial charge in [-0.3, -0.25) is 9.59 Å². The summed E-state index contributed by atoms with van der Waals surface area (Å²) in [4.78, 5) is 20.3. The first-order valence-corrected chi connectivity index (χ1v) is 9.67. The number of ether oxygens (including phenoxy) is 2. The normalized spacial score (nSPS) is 10.6. The zero-order chi connectivity index (χ0) is 25.7. The smallest absolute Gasteiger partial charge is 0.406 e. The van der Waals surface area contributed by atoms with Gasteiger partial charge in [0.2, 0.25) is 11.1 Å². The van der Waals surface area contributed by atoms with E-state index in [2.05, 4.69) is 14.8 Å². The monoisotopic (exact) mass is 542 g/mol. The van der Waals surface area contributed by atoms with E-state index in [9.17, 15) is 35.9 Å². The maximum atomic E-state index is 11.8. The minimum Gasteiger partial charge on any atom is -0.406 e. The van der Waals surface area contributed by atoms with Crippen molar-refractivity contribution in [3.8, 4) is 11.5 Å². The topological polar surface area (TPSA) is 90.7 Å². The van der Waals surface area contributed by atoms with Crippen LogP contribution in [0.4, 0.5) is 37.7 Å². The Morgan fingerprint density at radius 1 is 0.788 bits per heavy atom. The van der Waals surface area contributed by atoms with E-state index in [0.29, 0.717) is 11.4 Å². The summed E-state index contributed by atoms with van der Waals surface area (Å²) in [5.74, 6) is -1.37. The largest absolute Gasteiger partial charge is 0.573 e. The van der Waals surface area contributed by atoms with E-state index in [-0.39, 0.29) is 23.3 Å². The van der Waals surface area contributed by atoms with Gasteiger partial charge in [0.05, 0.1) is 5.88 Å². The van der Waals surface area contributed by atoms with Crippen LogP contribution in [0.15, 0.2) is 48.5 Å². The number of hydrogen-bond acceptors (Lipinski definition) is 5. The fraction of sp³-hybridized carbons (Fsp3) is 0.222. The highest BCUT2D eigenvalue weighted by Gasteiger charge is 2.31. The minimum absolute atomic E-state index is 0.0957. The molecule has 0 bridgehead atoms. The first-order chi connectivity index (χ1) is 15.1. The van der Waals surface area contributed by atoms with E-state index >= 15 is 0 Å². The Morgan fingerprint density at radius 2 is 1.15 bits per heavy atom. The predicted molar refractivity (Wildman–Crippen MR) is 112 cm³/mol. The van der Waals surface area contributed by atoms with Gasteiger partial charge in [0.15, 0.2) is 0 Å². The van der Waals surface area contributed by atoms with Gasteiger partial charge in [0, 0.05) is 11.4 Å². The molecule has 3 N–H and O–H groups in total. The lowest BCUT2D eigenvalue weighted by molar-refractivity contribution is -0.275. The third kappa shape index (κ3) is 17.6. The Bertz CT molecular complexity index is 863. The van der Waals surface area contributed by atoms with Crippen molar-refractivity contribution >= 4 is 57.3 Å². The molecule has 2 aromatic carbocycles. The number of nitrogen functional groups attached to an aromatic ring is 1. The molecule has 0 atom stereocenters. The summed E-state index contributed by atoms with van der Waals surface area (Å²) in [6.07, 6.45) is -9.36. The molecule has 2 aromatic rings. The van der Waals surface area contributed by atoms with Crippen molar-refractivity contribution in [2.75, 3.05) is 22.8 Å². The van der Waals surface area contributed by atoms with Gasteiger partial charge in [-0.05, 0) is 60.1 Å². The van der Waals surface area contributed by atoms with Crippen molar-refractivity contribution in [2.24, 2.45) is 0 Å². The zero-order valence-corrected chi connectivity index (χ0v) is 18.4. The Kier molecular flexibility index (Phi) is 13.4. The molecule has 0 radical (unpaired) electrons. The number of alkyl halides is 8. The standard InChI is InChI=1S/C9H7ClF3NO2.C7H6F3NO.C2H2Cl2O/c10-5-8(15)14-6-1-3-7(4-2-6)16-9(11,12)13;8-7(9,10)12-6-3-1-5(11)2-4-6;3-1-2(4)5/h1-4H,5H2,(H,14,15);1-4H,11H2;1H2. The molecule has 0 saturated heterocycles. The van der Waals surface area contributed by atoms with Crippen LogP contribution in [0.2, 0.25) is 0 Å². The molecular weight excluding hydrogens is 529 g/mol. The van der Waals surface area contributed by atoms with Gasteiger partial charge in [0.1, 0.15) is 17.4 Å². The quantitative estimate of drug-likeness (QED) is 0.211. The maximum Gasteiger partial charge on any atom is 0.573 e. The molecule has 0 fully saturated rings. The number of nitrogens with two attached hydrogens (primary N) is 1. The summed E-state index contributed by atoms with van der Waals surface area (Å²) < 4.78 is 77.4. The maximum absolute atomic E-state index is 11.8. The molecule has 0 heterocycles. The number of amides is 1.